The Hall–Kier alpha value is -2.87. The van der Waals surface area contributed by atoms with Crippen LogP contribution in [0.4, 0.5) is 5.69 Å². The van der Waals surface area contributed by atoms with Crippen molar-refractivity contribution in [2.75, 3.05) is 17.9 Å². The van der Waals surface area contributed by atoms with Crippen molar-refractivity contribution in [3.05, 3.63) is 95.0 Å². The summed E-state index contributed by atoms with van der Waals surface area (Å²) < 4.78 is 32.8. The van der Waals surface area contributed by atoms with E-state index >= 15 is 0 Å². The zero-order chi connectivity index (χ0) is 21.4. The van der Waals surface area contributed by atoms with Crippen LogP contribution in [0.5, 0.6) is 0 Å². The SMILES string of the molecule is O=C(NCCOCc1ccccc1)c1ccc(NS(=O)(=O)c2ccccc2)c(Cl)c1. The summed E-state index contributed by atoms with van der Waals surface area (Å²) in [5.74, 6) is -0.322. The smallest absolute Gasteiger partial charge is 0.261 e. The molecular weight excluding hydrogens is 424 g/mol. The minimum absolute atomic E-state index is 0.124. The highest BCUT2D eigenvalue weighted by atomic mass is 35.5. The minimum Gasteiger partial charge on any atom is -0.375 e. The van der Waals surface area contributed by atoms with Gasteiger partial charge in [0.15, 0.2) is 0 Å². The lowest BCUT2D eigenvalue weighted by atomic mass is 10.2. The molecule has 0 fully saturated rings. The third kappa shape index (κ3) is 6.06. The number of rotatable bonds is 9. The first-order chi connectivity index (χ1) is 14.5. The Morgan fingerprint density at radius 1 is 0.933 bits per heavy atom. The summed E-state index contributed by atoms with van der Waals surface area (Å²) in [7, 11) is -3.76. The van der Waals surface area contributed by atoms with Gasteiger partial charge in [-0.2, -0.15) is 0 Å². The van der Waals surface area contributed by atoms with Crippen LogP contribution in [-0.2, 0) is 21.4 Å². The number of amides is 1. The molecule has 0 saturated carbocycles. The van der Waals surface area contributed by atoms with Gasteiger partial charge in [-0.25, -0.2) is 8.42 Å². The first-order valence-electron chi connectivity index (χ1n) is 9.23. The van der Waals surface area contributed by atoms with Gasteiger partial charge in [-0.3, -0.25) is 9.52 Å². The lowest BCUT2D eigenvalue weighted by Crippen LogP contribution is -2.27. The lowest BCUT2D eigenvalue weighted by Gasteiger charge is -2.11. The van der Waals surface area contributed by atoms with Crippen LogP contribution in [0.2, 0.25) is 5.02 Å². The van der Waals surface area contributed by atoms with Gasteiger partial charge in [0.1, 0.15) is 0 Å². The summed E-state index contributed by atoms with van der Waals surface area (Å²) in [5, 5.41) is 2.87. The topological polar surface area (TPSA) is 84.5 Å². The molecule has 3 aromatic carbocycles. The van der Waals surface area contributed by atoms with Crippen LogP contribution in [0.1, 0.15) is 15.9 Å². The van der Waals surface area contributed by atoms with Crippen LogP contribution in [0.15, 0.2) is 83.8 Å². The number of halogens is 1. The second kappa shape index (κ2) is 10.2. The number of ether oxygens (including phenoxy) is 1. The van der Waals surface area contributed by atoms with Crippen molar-refractivity contribution in [2.24, 2.45) is 0 Å². The zero-order valence-corrected chi connectivity index (χ0v) is 17.6. The molecule has 0 radical (unpaired) electrons. The van der Waals surface area contributed by atoms with Crippen LogP contribution in [-0.4, -0.2) is 27.5 Å². The van der Waals surface area contributed by atoms with Gasteiger partial charge in [0.2, 0.25) is 0 Å². The quantitative estimate of drug-likeness (QED) is 0.487. The van der Waals surface area contributed by atoms with Gasteiger partial charge in [0.25, 0.3) is 15.9 Å². The largest absolute Gasteiger partial charge is 0.375 e. The predicted octanol–water partition coefficient (Wildman–Crippen LogP) is 4.09. The second-order valence-corrected chi connectivity index (χ2v) is 8.50. The molecule has 0 aromatic heterocycles. The Bertz CT molecular complexity index is 1090. The van der Waals surface area contributed by atoms with Gasteiger partial charge in [0, 0.05) is 12.1 Å². The van der Waals surface area contributed by atoms with E-state index in [2.05, 4.69) is 10.0 Å². The van der Waals surface area contributed by atoms with Gasteiger partial charge < -0.3 is 10.1 Å². The van der Waals surface area contributed by atoms with Crippen LogP contribution in [0.25, 0.3) is 0 Å². The van der Waals surface area contributed by atoms with Crippen molar-refractivity contribution in [1.29, 1.82) is 0 Å². The van der Waals surface area contributed by atoms with Crippen LogP contribution in [0, 0.1) is 0 Å². The fourth-order valence-electron chi connectivity index (χ4n) is 2.65. The summed E-state index contributed by atoms with van der Waals surface area (Å²) in [6.45, 7) is 1.17. The number of carbonyl (C=O) groups is 1. The van der Waals surface area contributed by atoms with E-state index in [0.29, 0.717) is 25.3 Å². The maximum Gasteiger partial charge on any atom is 0.261 e. The molecule has 2 N–H and O–H groups in total. The normalized spacial score (nSPS) is 11.1. The molecule has 8 heteroatoms. The van der Waals surface area contributed by atoms with Crippen LogP contribution in [0.3, 0.4) is 0 Å². The Balaban J connectivity index is 1.52. The van der Waals surface area contributed by atoms with E-state index in [1.54, 1.807) is 18.2 Å². The molecule has 0 bridgehead atoms. The molecule has 156 valence electrons. The molecule has 3 rings (SSSR count). The third-order valence-electron chi connectivity index (χ3n) is 4.17. The maximum absolute atomic E-state index is 12.4. The maximum atomic E-state index is 12.4. The van der Waals surface area contributed by atoms with Gasteiger partial charge >= 0.3 is 0 Å². The Morgan fingerprint density at radius 3 is 2.27 bits per heavy atom. The average Bonchev–Trinajstić information content (AvgIpc) is 2.76. The Morgan fingerprint density at radius 2 is 1.60 bits per heavy atom. The number of nitrogens with one attached hydrogen (secondary N) is 2. The van der Waals surface area contributed by atoms with E-state index < -0.39 is 10.0 Å². The van der Waals surface area contributed by atoms with Crippen LogP contribution < -0.4 is 10.0 Å². The number of hydrogen-bond donors (Lipinski definition) is 2. The van der Waals surface area contributed by atoms with E-state index in [0.717, 1.165) is 5.56 Å². The average molecular weight is 445 g/mol. The van der Waals surface area contributed by atoms with Crippen molar-refractivity contribution in [3.8, 4) is 0 Å². The zero-order valence-electron chi connectivity index (χ0n) is 16.0. The standard InChI is InChI=1S/C22H21ClN2O4S/c23-20-15-18(22(26)24-13-14-29-16-17-7-3-1-4-8-17)11-12-21(20)25-30(27,28)19-9-5-2-6-10-19/h1-12,15,25H,13-14,16H2,(H,24,26). The molecule has 1 amide bonds. The highest BCUT2D eigenvalue weighted by Gasteiger charge is 2.16. The summed E-state index contributed by atoms with van der Waals surface area (Å²) >= 11 is 6.19. The molecule has 3 aromatic rings. The molecule has 0 atom stereocenters. The van der Waals surface area contributed by atoms with E-state index in [9.17, 15) is 13.2 Å². The lowest BCUT2D eigenvalue weighted by molar-refractivity contribution is 0.0901. The first-order valence-corrected chi connectivity index (χ1v) is 11.1. The molecule has 0 heterocycles. The van der Waals surface area contributed by atoms with E-state index in [-0.39, 0.29) is 21.5 Å². The minimum atomic E-state index is -3.76. The second-order valence-electron chi connectivity index (χ2n) is 6.41. The summed E-state index contributed by atoms with van der Waals surface area (Å²) in [5.41, 5.74) is 1.58. The summed E-state index contributed by atoms with van der Waals surface area (Å²) in [6.07, 6.45) is 0. The first kappa shape index (κ1) is 21.8. The molecule has 0 unspecified atom stereocenters. The third-order valence-corrected chi connectivity index (χ3v) is 5.87. The molecule has 0 saturated heterocycles. The monoisotopic (exact) mass is 444 g/mol. The number of carbonyl (C=O) groups excluding carboxylic acids is 1. The van der Waals surface area contributed by atoms with Gasteiger partial charge in [-0.05, 0) is 35.9 Å². The predicted molar refractivity (Wildman–Crippen MR) is 117 cm³/mol. The van der Waals surface area contributed by atoms with Crippen molar-refractivity contribution in [2.45, 2.75) is 11.5 Å². The fourth-order valence-corrected chi connectivity index (χ4v) is 4.03. The van der Waals surface area contributed by atoms with Crippen molar-refractivity contribution >= 4 is 33.2 Å². The number of sulfonamides is 1. The number of anilines is 1. The van der Waals surface area contributed by atoms with Gasteiger partial charge in [-0.15, -0.1) is 0 Å². The Kier molecular flexibility index (Phi) is 7.46. The molecule has 6 nitrogen and oxygen atoms in total. The number of benzene rings is 3. The van der Waals surface area contributed by atoms with Crippen molar-refractivity contribution < 1.29 is 17.9 Å². The molecule has 0 aliphatic carbocycles. The molecule has 0 aliphatic rings. The van der Waals surface area contributed by atoms with E-state index in [4.69, 9.17) is 16.3 Å². The highest BCUT2D eigenvalue weighted by molar-refractivity contribution is 7.92. The van der Waals surface area contributed by atoms with Crippen LogP contribution >= 0.6 is 11.6 Å². The molecule has 0 spiro atoms. The van der Waals surface area contributed by atoms with E-state index in [1.807, 2.05) is 30.3 Å². The summed E-state index contributed by atoms with van der Waals surface area (Å²) in [4.78, 5) is 12.4. The Labute approximate surface area is 180 Å². The highest BCUT2D eigenvalue weighted by Crippen LogP contribution is 2.25. The van der Waals surface area contributed by atoms with Crippen molar-refractivity contribution in [1.82, 2.24) is 5.32 Å². The fraction of sp³-hybridized carbons (Fsp3) is 0.136. The molecule has 0 aliphatic heterocycles. The van der Waals surface area contributed by atoms with Crippen molar-refractivity contribution in [3.63, 3.8) is 0 Å². The molecular formula is C22H21ClN2O4S. The summed E-state index contributed by atoms with van der Waals surface area (Å²) in [6, 6.07) is 22.1. The van der Waals surface area contributed by atoms with E-state index in [1.165, 1.54) is 30.3 Å². The molecule has 30 heavy (non-hydrogen) atoms. The number of hydrogen-bond acceptors (Lipinski definition) is 4. The van der Waals surface area contributed by atoms with Gasteiger partial charge in [0.05, 0.1) is 28.8 Å². The van der Waals surface area contributed by atoms with Gasteiger partial charge in [-0.1, -0.05) is 60.1 Å².